The summed E-state index contributed by atoms with van der Waals surface area (Å²) in [7, 11) is 3.35. The Morgan fingerprint density at radius 3 is 2.44 bits per heavy atom. The zero-order valence-corrected chi connectivity index (χ0v) is 18.8. The first-order chi connectivity index (χ1) is 15.7. The molecule has 1 aromatic heterocycles. The molecule has 2 N–H and O–H groups in total. The number of H-pyrrole nitrogens is 1. The molecule has 0 radical (unpaired) electrons. The number of benzene rings is 2. The summed E-state index contributed by atoms with van der Waals surface area (Å²) in [6, 6.07) is 16.1. The summed E-state index contributed by atoms with van der Waals surface area (Å²) in [5.41, 5.74) is 2.27. The van der Waals surface area contributed by atoms with E-state index >= 15 is 0 Å². The van der Waals surface area contributed by atoms with Gasteiger partial charge in [0.1, 0.15) is 23.9 Å². The van der Waals surface area contributed by atoms with Crippen LogP contribution < -0.4 is 14.8 Å². The quantitative estimate of drug-likeness (QED) is 0.438. The van der Waals surface area contributed by atoms with Crippen molar-refractivity contribution >= 4 is 5.96 Å². The summed E-state index contributed by atoms with van der Waals surface area (Å²) >= 11 is 0. The normalized spacial score (nSPS) is 16.3. The highest BCUT2D eigenvalue weighted by molar-refractivity contribution is 5.80. The van der Waals surface area contributed by atoms with E-state index in [9.17, 15) is 0 Å². The van der Waals surface area contributed by atoms with Gasteiger partial charge >= 0.3 is 0 Å². The zero-order chi connectivity index (χ0) is 22.3. The molecule has 0 amide bonds. The van der Waals surface area contributed by atoms with Crippen molar-refractivity contribution in [1.29, 1.82) is 0 Å². The topological polar surface area (TPSA) is 87.7 Å². The first-order valence-electron chi connectivity index (χ1n) is 10.9. The molecule has 1 fully saturated rings. The van der Waals surface area contributed by atoms with Gasteiger partial charge in [0, 0.05) is 31.1 Å². The Balaban J connectivity index is 1.41. The van der Waals surface area contributed by atoms with E-state index in [0.29, 0.717) is 18.3 Å². The van der Waals surface area contributed by atoms with Crippen LogP contribution in [0.4, 0.5) is 0 Å². The second kappa shape index (κ2) is 10.2. The number of nitrogens with zero attached hydrogens (tertiary/aromatic N) is 4. The van der Waals surface area contributed by atoms with Crippen LogP contribution in [-0.2, 0) is 6.54 Å². The van der Waals surface area contributed by atoms with Gasteiger partial charge in [0.05, 0.1) is 14.2 Å². The summed E-state index contributed by atoms with van der Waals surface area (Å²) in [6.07, 6.45) is 1.10. The molecule has 0 saturated carbocycles. The smallest absolute Gasteiger partial charge is 0.194 e. The van der Waals surface area contributed by atoms with Gasteiger partial charge in [-0.3, -0.25) is 5.10 Å². The van der Waals surface area contributed by atoms with Crippen molar-refractivity contribution in [2.45, 2.75) is 25.8 Å². The minimum Gasteiger partial charge on any atom is -0.497 e. The SMILES string of the molecule is CCNC(=NCc1nc(-c2ccc(OC)cc2)n[nH]1)N1CCC(c2ccc(OC)cc2)C1. The van der Waals surface area contributed by atoms with E-state index in [1.807, 2.05) is 36.4 Å². The van der Waals surface area contributed by atoms with E-state index in [-0.39, 0.29) is 0 Å². The third-order valence-corrected chi connectivity index (χ3v) is 5.67. The highest BCUT2D eigenvalue weighted by Gasteiger charge is 2.26. The van der Waals surface area contributed by atoms with Gasteiger partial charge in [-0.25, -0.2) is 9.98 Å². The maximum atomic E-state index is 5.28. The second-order valence-electron chi connectivity index (χ2n) is 7.71. The Labute approximate surface area is 188 Å². The number of methoxy groups -OCH3 is 2. The molecule has 3 aromatic rings. The van der Waals surface area contributed by atoms with Gasteiger partial charge in [-0.15, -0.1) is 0 Å². The molecule has 32 heavy (non-hydrogen) atoms. The van der Waals surface area contributed by atoms with Gasteiger partial charge in [0.25, 0.3) is 0 Å². The second-order valence-corrected chi connectivity index (χ2v) is 7.71. The van der Waals surface area contributed by atoms with Crippen LogP contribution in [0.15, 0.2) is 53.5 Å². The van der Waals surface area contributed by atoms with Crippen LogP contribution in [-0.4, -0.2) is 59.9 Å². The largest absolute Gasteiger partial charge is 0.497 e. The average molecular weight is 435 g/mol. The Morgan fingerprint density at radius 2 is 1.78 bits per heavy atom. The number of likely N-dealkylation sites (tertiary alicyclic amines) is 1. The minimum absolute atomic E-state index is 0.440. The van der Waals surface area contributed by atoms with E-state index in [2.05, 4.69) is 44.5 Å². The highest BCUT2D eigenvalue weighted by Crippen LogP contribution is 2.28. The fourth-order valence-corrected chi connectivity index (χ4v) is 3.91. The lowest BCUT2D eigenvalue weighted by Crippen LogP contribution is -2.40. The van der Waals surface area contributed by atoms with Crippen molar-refractivity contribution in [3.8, 4) is 22.9 Å². The lowest BCUT2D eigenvalue weighted by molar-refractivity contribution is 0.414. The number of guanidine groups is 1. The number of hydrogen-bond donors (Lipinski definition) is 2. The summed E-state index contributed by atoms with van der Waals surface area (Å²) in [5.74, 6) is 4.48. The number of hydrogen-bond acceptors (Lipinski definition) is 5. The molecule has 168 valence electrons. The Kier molecular flexibility index (Phi) is 6.89. The minimum atomic E-state index is 0.440. The molecule has 1 unspecified atom stereocenters. The molecule has 8 heteroatoms. The number of aliphatic imine (C=N–C) groups is 1. The third-order valence-electron chi connectivity index (χ3n) is 5.67. The van der Waals surface area contributed by atoms with Crippen LogP contribution in [0.1, 0.15) is 30.7 Å². The van der Waals surface area contributed by atoms with Crippen molar-refractivity contribution in [2.24, 2.45) is 4.99 Å². The van der Waals surface area contributed by atoms with Crippen molar-refractivity contribution in [3.05, 3.63) is 59.9 Å². The Hall–Kier alpha value is -3.55. The van der Waals surface area contributed by atoms with E-state index in [4.69, 9.17) is 14.5 Å². The van der Waals surface area contributed by atoms with Crippen LogP contribution in [0.25, 0.3) is 11.4 Å². The molecular formula is C24H30N6O2. The molecule has 2 aromatic carbocycles. The van der Waals surface area contributed by atoms with Crippen LogP contribution in [0.3, 0.4) is 0 Å². The fourth-order valence-electron chi connectivity index (χ4n) is 3.91. The van der Waals surface area contributed by atoms with Gasteiger partial charge in [0.15, 0.2) is 11.8 Å². The van der Waals surface area contributed by atoms with Crippen LogP contribution >= 0.6 is 0 Å². The summed E-state index contributed by atoms with van der Waals surface area (Å²) in [6.45, 7) is 5.25. The predicted octanol–water partition coefficient (Wildman–Crippen LogP) is 3.44. The molecule has 0 aliphatic carbocycles. The standard InChI is InChI=1S/C24H30N6O2/c1-4-25-24(30-14-13-19(16-30)17-5-9-20(31-2)10-6-17)26-15-22-27-23(29-28-22)18-7-11-21(32-3)12-8-18/h5-12,19H,4,13-16H2,1-3H3,(H,25,26)(H,27,28,29). The summed E-state index contributed by atoms with van der Waals surface area (Å²) < 4.78 is 10.5. The zero-order valence-electron chi connectivity index (χ0n) is 18.8. The molecule has 8 nitrogen and oxygen atoms in total. The summed E-state index contributed by atoms with van der Waals surface area (Å²) in [4.78, 5) is 11.7. The van der Waals surface area contributed by atoms with Gasteiger partial charge in [0.2, 0.25) is 0 Å². The molecule has 2 heterocycles. The molecule has 0 spiro atoms. The molecule has 1 atom stereocenters. The van der Waals surface area contributed by atoms with Crippen LogP contribution in [0.5, 0.6) is 11.5 Å². The summed E-state index contributed by atoms with van der Waals surface area (Å²) in [5, 5.41) is 10.8. The number of nitrogens with one attached hydrogen (secondary N) is 2. The van der Waals surface area contributed by atoms with Crippen LogP contribution in [0.2, 0.25) is 0 Å². The van der Waals surface area contributed by atoms with Gasteiger partial charge in [-0.2, -0.15) is 5.10 Å². The Morgan fingerprint density at radius 1 is 1.09 bits per heavy atom. The van der Waals surface area contributed by atoms with Crippen molar-refractivity contribution < 1.29 is 9.47 Å². The van der Waals surface area contributed by atoms with Crippen LogP contribution in [0, 0.1) is 0 Å². The first kappa shape index (κ1) is 21.7. The van der Waals surface area contributed by atoms with E-state index < -0.39 is 0 Å². The van der Waals surface area contributed by atoms with E-state index in [1.54, 1.807) is 14.2 Å². The highest BCUT2D eigenvalue weighted by atomic mass is 16.5. The molecule has 1 aliphatic rings. The monoisotopic (exact) mass is 434 g/mol. The van der Waals surface area contributed by atoms with Crippen molar-refractivity contribution in [3.63, 3.8) is 0 Å². The predicted molar refractivity (Wildman–Crippen MR) is 125 cm³/mol. The van der Waals surface area contributed by atoms with E-state index in [0.717, 1.165) is 54.9 Å². The molecule has 1 aliphatic heterocycles. The lowest BCUT2D eigenvalue weighted by Gasteiger charge is -2.21. The number of rotatable bonds is 7. The molecular weight excluding hydrogens is 404 g/mol. The van der Waals surface area contributed by atoms with Gasteiger partial charge in [-0.05, 0) is 55.3 Å². The first-order valence-corrected chi connectivity index (χ1v) is 10.9. The third kappa shape index (κ3) is 5.01. The number of aromatic nitrogens is 3. The van der Waals surface area contributed by atoms with Crippen molar-refractivity contribution in [2.75, 3.05) is 33.9 Å². The average Bonchev–Trinajstić information content (AvgIpc) is 3.52. The van der Waals surface area contributed by atoms with Crippen molar-refractivity contribution in [1.82, 2.24) is 25.4 Å². The Bertz CT molecular complexity index is 1030. The van der Waals surface area contributed by atoms with E-state index in [1.165, 1.54) is 5.56 Å². The number of aromatic amines is 1. The molecule has 0 bridgehead atoms. The van der Waals surface area contributed by atoms with Gasteiger partial charge in [-0.1, -0.05) is 12.1 Å². The van der Waals surface area contributed by atoms with Gasteiger partial charge < -0.3 is 19.7 Å². The number of ether oxygens (including phenoxy) is 2. The maximum absolute atomic E-state index is 5.28. The molecule has 4 rings (SSSR count). The maximum Gasteiger partial charge on any atom is 0.194 e. The molecule has 1 saturated heterocycles. The fraction of sp³-hybridized carbons (Fsp3) is 0.375. The lowest BCUT2D eigenvalue weighted by atomic mass is 9.98.